The molecule has 2 nitrogen and oxygen atoms in total. The summed E-state index contributed by atoms with van der Waals surface area (Å²) in [5.41, 5.74) is 0. The molecule has 5 heavy (non-hydrogen) atoms. The van der Waals surface area contributed by atoms with Crippen molar-refractivity contribution in [2.24, 2.45) is 0 Å². The van der Waals surface area contributed by atoms with Gasteiger partial charge in [-0.05, 0) is 11.0 Å². The fourth-order valence-corrected chi connectivity index (χ4v) is 0. The molecule has 0 aromatic carbocycles. The minimum atomic E-state index is 0. The molecular weight excluding hydrogens is 125 g/mol. The summed E-state index contributed by atoms with van der Waals surface area (Å²) in [6, 6.07) is 0. The van der Waals surface area contributed by atoms with Crippen molar-refractivity contribution in [1.82, 2.24) is 6.15 Å². The molecule has 0 aliphatic rings. The zero-order valence-corrected chi connectivity index (χ0v) is 4.12. The zero-order chi connectivity index (χ0) is 0. The molecule has 0 rings (SSSR count). The van der Waals surface area contributed by atoms with Gasteiger partial charge in [-0.25, -0.2) is 0 Å². The topological polar surface area (TPSA) is 66.5 Å². The first kappa shape index (κ1) is 65.5. The number of hydrogen-bond donors (Lipinski definition) is 1. The molecular formula is H14AlCaNOSi. The van der Waals surface area contributed by atoms with Crippen molar-refractivity contribution >= 4 is 66.1 Å². The van der Waals surface area contributed by atoms with E-state index < -0.39 is 0 Å². The first-order chi connectivity index (χ1) is 0. The van der Waals surface area contributed by atoms with Crippen LogP contribution in [-0.2, 0) is 0 Å². The third kappa shape index (κ3) is 24.6. The van der Waals surface area contributed by atoms with E-state index in [-0.39, 0.29) is 80.5 Å². The van der Waals surface area contributed by atoms with Crippen LogP contribution in [0.3, 0.4) is 0 Å². The molecule has 34 valence electrons. The Bertz CT molecular complexity index is 17.7. The molecule has 5 heteroatoms. The summed E-state index contributed by atoms with van der Waals surface area (Å²) in [7, 11) is 0. The molecule has 0 bridgehead atoms. The van der Waals surface area contributed by atoms with Crippen molar-refractivity contribution in [2.45, 2.75) is 0 Å². The summed E-state index contributed by atoms with van der Waals surface area (Å²) in [5.74, 6) is 0. The Morgan fingerprint density at radius 3 is 1.20 bits per heavy atom. The SMILES string of the molecule is N.O.[AlH3].[Ca+2].[H-].[H-].[SiH4]. The normalized spacial score (nSPS) is 0. The second-order valence-corrected chi connectivity index (χ2v) is 0. The predicted molar refractivity (Wildman–Crippen MR) is 37.9 cm³/mol. The average molecular weight is 139 g/mol. The van der Waals surface area contributed by atoms with Crippen LogP contribution in [0.25, 0.3) is 0 Å². The van der Waals surface area contributed by atoms with Gasteiger partial charge in [0.25, 0.3) is 0 Å². The molecule has 0 heterocycles. The maximum absolute atomic E-state index is 0. The third-order valence-corrected chi connectivity index (χ3v) is 0. The minimum Gasteiger partial charge on any atom is -1.00 e. The fourth-order valence-electron chi connectivity index (χ4n) is 0. The van der Waals surface area contributed by atoms with Gasteiger partial charge in [0, 0.05) is 0 Å². The van der Waals surface area contributed by atoms with E-state index in [1.807, 2.05) is 0 Å². The van der Waals surface area contributed by atoms with Gasteiger partial charge >= 0.3 is 37.7 Å². The zero-order valence-electron chi connectivity index (χ0n) is 3.91. The molecule has 0 saturated carbocycles. The Morgan fingerprint density at radius 2 is 1.20 bits per heavy atom. The van der Waals surface area contributed by atoms with E-state index in [1.165, 1.54) is 0 Å². The number of rotatable bonds is 0. The molecule has 0 aromatic heterocycles. The fraction of sp³-hybridized carbons (Fsp3) is 0. The molecule has 0 radical (unpaired) electrons. The Morgan fingerprint density at radius 1 is 1.20 bits per heavy atom. The smallest absolute Gasteiger partial charge is 1.00 e. The predicted octanol–water partition coefficient (Wildman–Crippen LogP) is -3.45. The summed E-state index contributed by atoms with van der Waals surface area (Å²) in [4.78, 5) is 0. The largest absolute Gasteiger partial charge is 2.00 e. The van der Waals surface area contributed by atoms with Crippen LogP contribution in [0.4, 0.5) is 0 Å². The maximum atomic E-state index is 0. The summed E-state index contributed by atoms with van der Waals surface area (Å²) in [6.07, 6.45) is 0. The summed E-state index contributed by atoms with van der Waals surface area (Å²) in [6.45, 7) is 0. The molecule has 0 fully saturated rings. The summed E-state index contributed by atoms with van der Waals surface area (Å²) >= 11 is 0. The first-order valence-corrected chi connectivity index (χ1v) is 0. The van der Waals surface area contributed by atoms with Gasteiger partial charge in [-0.1, -0.05) is 0 Å². The van der Waals surface area contributed by atoms with Gasteiger partial charge < -0.3 is 14.5 Å². The van der Waals surface area contributed by atoms with Crippen LogP contribution in [0.2, 0.25) is 0 Å². The summed E-state index contributed by atoms with van der Waals surface area (Å²) in [5, 5.41) is 0. The Labute approximate surface area is 79.7 Å². The minimum absolute atomic E-state index is 0. The van der Waals surface area contributed by atoms with Crippen molar-refractivity contribution < 1.29 is 8.33 Å². The van der Waals surface area contributed by atoms with Crippen LogP contribution in [0.5, 0.6) is 0 Å². The Balaban J connectivity index is 0. The first-order valence-electron chi connectivity index (χ1n) is 0. The molecule has 0 amide bonds. The monoisotopic (exact) mass is 139 g/mol. The van der Waals surface area contributed by atoms with Crippen molar-refractivity contribution in [3.63, 3.8) is 0 Å². The van der Waals surface area contributed by atoms with E-state index in [9.17, 15) is 0 Å². The quantitative estimate of drug-likeness (QED) is 0.348. The van der Waals surface area contributed by atoms with Crippen LogP contribution in [0.15, 0.2) is 0 Å². The average Bonchev–Trinajstić information content (AvgIpc) is 0. The van der Waals surface area contributed by atoms with Gasteiger partial charge in [-0.15, -0.1) is 0 Å². The van der Waals surface area contributed by atoms with Gasteiger partial charge in [0.2, 0.25) is 0 Å². The van der Waals surface area contributed by atoms with Crippen LogP contribution in [-0.4, -0.2) is 71.5 Å². The molecule has 0 unspecified atom stereocenters. The third-order valence-electron chi connectivity index (χ3n) is 0. The van der Waals surface area contributed by atoms with Gasteiger partial charge in [0.15, 0.2) is 17.4 Å². The van der Waals surface area contributed by atoms with E-state index >= 15 is 0 Å². The standard InChI is InChI=1S/Al.Ca.H3N.H2O.H4Si.5H/h;;1H3;1H2;1H4;;;;;/q;+2;;;;;;;2*-1. The molecule has 0 spiro atoms. The van der Waals surface area contributed by atoms with Gasteiger partial charge in [0.05, 0.1) is 0 Å². The Kier molecular flexibility index (Phi) is 507. The molecule has 0 atom stereocenters. The molecule has 0 aromatic rings. The van der Waals surface area contributed by atoms with E-state index in [0.29, 0.717) is 0 Å². The van der Waals surface area contributed by atoms with Gasteiger partial charge in [0.1, 0.15) is 0 Å². The van der Waals surface area contributed by atoms with E-state index in [2.05, 4.69) is 0 Å². The van der Waals surface area contributed by atoms with E-state index in [1.54, 1.807) is 0 Å². The second-order valence-electron chi connectivity index (χ2n) is 0. The van der Waals surface area contributed by atoms with Crippen LogP contribution in [0.1, 0.15) is 2.85 Å². The molecule has 0 aliphatic carbocycles. The maximum Gasteiger partial charge on any atom is 2.00 e. The molecule has 0 saturated heterocycles. The van der Waals surface area contributed by atoms with Gasteiger partial charge in [-0.3, -0.25) is 0 Å². The summed E-state index contributed by atoms with van der Waals surface area (Å²) < 4.78 is 0. The van der Waals surface area contributed by atoms with Crippen molar-refractivity contribution in [1.29, 1.82) is 0 Å². The van der Waals surface area contributed by atoms with Crippen LogP contribution >= 0.6 is 0 Å². The van der Waals surface area contributed by atoms with Gasteiger partial charge in [-0.2, -0.15) is 0 Å². The van der Waals surface area contributed by atoms with Crippen molar-refractivity contribution in [3.8, 4) is 0 Å². The van der Waals surface area contributed by atoms with Crippen LogP contribution in [0, 0.1) is 0 Å². The van der Waals surface area contributed by atoms with E-state index in [0.717, 1.165) is 0 Å². The Hall–Kier alpha value is 1.93. The van der Waals surface area contributed by atoms with E-state index in [4.69, 9.17) is 0 Å². The van der Waals surface area contributed by atoms with Crippen molar-refractivity contribution in [3.05, 3.63) is 0 Å². The second kappa shape index (κ2) is 38.7. The van der Waals surface area contributed by atoms with Crippen molar-refractivity contribution in [2.75, 3.05) is 0 Å². The molecule has 5 N–H and O–H groups in total. The van der Waals surface area contributed by atoms with Crippen LogP contribution < -0.4 is 6.15 Å². The molecule has 0 aliphatic heterocycles. The number of hydrogen-bond acceptors (Lipinski definition) is 1.